The molecule has 1 atom stereocenters. The van der Waals surface area contributed by atoms with Gasteiger partial charge >= 0.3 is 0 Å². The van der Waals surface area contributed by atoms with E-state index in [0.717, 1.165) is 5.56 Å². The molecule has 0 aliphatic carbocycles. The van der Waals surface area contributed by atoms with Gasteiger partial charge in [0.15, 0.2) is 9.84 Å². The maximum absolute atomic E-state index is 11.8. The predicted molar refractivity (Wildman–Crippen MR) is 62.2 cm³/mol. The second-order valence-electron chi connectivity index (χ2n) is 3.68. The molecule has 0 radical (unpaired) electrons. The third kappa shape index (κ3) is 3.64. The molecule has 15 heavy (non-hydrogen) atoms. The second-order valence-corrected chi connectivity index (χ2v) is 6.10. The van der Waals surface area contributed by atoms with Gasteiger partial charge in [-0.1, -0.05) is 30.3 Å². The first-order valence-corrected chi connectivity index (χ1v) is 6.73. The normalized spacial score (nSPS) is 13.7. The van der Waals surface area contributed by atoms with Crippen LogP contribution < -0.4 is 5.73 Å². The average Bonchev–Trinajstić information content (AvgIpc) is 2.19. The minimum Gasteiger partial charge on any atom is -0.330 e. The number of nitrogens with two attached hydrogens (primary N) is 1. The monoisotopic (exact) mass is 227 g/mol. The fraction of sp³-hybridized carbons (Fsp3) is 0.455. The van der Waals surface area contributed by atoms with Gasteiger partial charge in [-0.15, -0.1) is 0 Å². The third-order valence-electron chi connectivity index (χ3n) is 2.40. The smallest absolute Gasteiger partial charge is 0.157 e. The molecule has 0 aromatic heterocycles. The van der Waals surface area contributed by atoms with E-state index in [0.29, 0.717) is 13.0 Å². The van der Waals surface area contributed by atoms with Crippen molar-refractivity contribution in [2.75, 3.05) is 6.54 Å². The standard InChI is InChI=1S/C11H17NO2S/c1-10(7-8-12)15(13,14)9-11-5-3-2-4-6-11/h2-6,10H,7-9,12H2,1H3. The van der Waals surface area contributed by atoms with Crippen LogP contribution in [0.5, 0.6) is 0 Å². The lowest BCUT2D eigenvalue weighted by molar-refractivity contribution is 0.577. The van der Waals surface area contributed by atoms with E-state index in [1.165, 1.54) is 0 Å². The maximum Gasteiger partial charge on any atom is 0.157 e. The van der Waals surface area contributed by atoms with Crippen LogP contribution in [0.1, 0.15) is 18.9 Å². The van der Waals surface area contributed by atoms with Gasteiger partial charge in [0, 0.05) is 0 Å². The van der Waals surface area contributed by atoms with Crippen molar-refractivity contribution in [3.8, 4) is 0 Å². The molecule has 1 unspecified atom stereocenters. The summed E-state index contributed by atoms with van der Waals surface area (Å²) in [6.07, 6.45) is 0.523. The van der Waals surface area contributed by atoms with Crippen LogP contribution >= 0.6 is 0 Å². The SMILES string of the molecule is CC(CCN)S(=O)(=O)Cc1ccccc1. The van der Waals surface area contributed by atoms with Crippen LogP contribution in [0.3, 0.4) is 0 Å². The van der Waals surface area contributed by atoms with Gasteiger partial charge in [0.05, 0.1) is 11.0 Å². The Morgan fingerprint density at radius 1 is 1.27 bits per heavy atom. The van der Waals surface area contributed by atoms with Crippen molar-refractivity contribution in [2.45, 2.75) is 24.3 Å². The second kappa shape index (κ2) is 5.28. The van der Waals surface area contributed by atoms with Gasteiger partial charge in [0.25, 0.3) is 0 Å². The van der Waals surface area contributed by atoms with Crippen molar-refractivity contribution < 1.29 is 8.42 Å². The topological polar surface area (TPSA) is 60.2 Å². The van der Waals surface area contributed by atoms with Crippen molar-refractivity contribution in [3.05, 3.63) is 35.9 Å². The zero-order chi connectivity index (χ0) is 11.3. The number of hydrogen-bond acceptors (Lipinski definition) is 3. The lowest BCUT2D eigenvalue weighted by atomic mass is 10.2. The summed E-state index contributed by atoms with van der Waals surface area (Å²) in [7, 11) is -3.06. The molecular formula is C11H17NO2S. The van der Waals surface area contributed by atoms with Gasteiger partial charge in [-0.2, -0.15) is 0 Å². The highest BCUT2D eigenvalue weighted by Gasteiger charge is 2.20. The van der Waals surface area contributed by atoms with Gasteiger partial charge in [-0.05, 0) is 25.5 Å². The first-order valence-electron chi connectivity index (χ1n) is 5.02. The molecule has 1 aromatic carbocycles. The molecule has 84 valence electrons. The van der Waals surface area contributed by atoms with E-state index in [1.807, 2.05) is 30.3 Å². The number of sulfone groups is 1. The van der Waals surface area contributed by atoms with Crippen LogP contribution in [0.4, 0.5) is 0 Å². The van der Waals surface area contributed by atoms with E-state index in [9.17, 15) is 8.42 Å². The van der Waals surface area contributed by atoms with Crippen molar-refractivity contribution in [3.63, 3.8) is 0 Å². The van der Waals surface area contributed by atoms with Crippen LogP contribution in [-0.2, 0) is 15.6 Å². The molecule has 0 heterocycles. The molecule has 3 nitrogen and oxygen atoms in total. The van der Waals surface area contributed by atoms with Crippen LogP contribution in [0.2, 0.25) is 0 Å². The third-order valence-corrected chi connectivity index (χ3v) is 4.59. The molecule has 2 N–H and O–H groups in total. The van der Waals surface area contributed by atoms with E-state index in [4.69, 9.17) is 5.73 Å². The Hall–Kier alpha value is -0.870. The molecule has 0 aliphatic rings. The first kappa shape index (κ1) is 12.2. The molecule has 1 rings (SSSR count). The summed E-state index contributed by atoms with van der Waals surface area (Å²) in [5, 5.41) is -0.359. The summed E-state index contributed by atoms with van der Waals surface area (Å²) in [4.78, 5) is 0. The van der Waals surface area contributed by atoms with E-state index in [2.05, 4.69) is 0 Å². The lowest BCUT2D eigenvalue weighted by Gasteiger charge is -2.11. The van der Waals surface area contributed by atoms with Crippen molar-refractivity contribution in [2.24, 2.45) is 5.73 Å². The predicted octanol–water partition coefficient (Wildman–Crippen LogP) is 1.34. The van der Waals surface area contributed by atoms with Gasteiger partial charge < -0.3 is 5.73 Å². The van der Waals surface area contributed by atoms with Crippen LogP contribution in [0, 0.1) is 0 Å². The van der Waals surface area contributed by atoms with Crippen LogP contribution in [-0.4, -0.2) is 20.2 Å². The lowest BCUT2D eigenvalue weighted by Crippen LogP contribution is -2.22. The molecule has 1 aromatic rings. The van der Waals surface area contributed by atoms with Gasteiger partial charge in [0.2, 0.25) is 0 Å². The molecule has 0 spiro atoms. The fourth-order valence-electron chi connectivity index (χ4n) is 1.36. The first-order chi connectivity index (χ1) is 7.06. The summed E-state index contributed by atoms with van der Waals surface area (Å²) in [6, 6.07) is 9.22. The average molecular weight is 227 g/mol. The Morgan fingerprint density at radius 2 is 1.87 bits per heavy atom. The Bertz CT molecular complexity index is 386. The van der Waals surface area contributed by atoms with Gasteiger partial charge in [-0.3, -0.25) is 0 Å². The summed E-state index contributed by atoms with van der Waals surface area (Å²) in [6.45, 7) is 2.13. The number of benzene rings is 1. The Labute approximate surface area is 91.2 Å². The Balaban J connectivity index is 2.73. The minimum absolute atomic E-state index is 0.106. The van der Waals surface area contributed by atoms with E-state index in [-0.39, 0.29) is 11.0 Å². The Kier molecular flexibility index (Phi) is 4.29. The highest BCUT2D eigenvalue weighted by molar-refractivity contribution is 7.91. The molecule has 4 heteroatoms. The largest absolute Gasteiger partial charge is 0.330 e. The quantitative estimate of drug-likeness (QED) is 0.825. The number of hydrogen-bond donors (Lipinski definition) is 1. The van der Waals surface area contributed by atoms with E-state index in [1.54, 1.807) is 6.92 Å². The Morgan fingerprint density at radius 3 is 2.40 bits per heavy atom. The summed E-state index contributed by atoms with van der Waals surface area (Å²) in [5.41, 5.74) is 6.19. The highest BCUT2D eigenvalue weighted by atomic mass is 32.2. The minimum atomic E-state index is -3.06. The molecule has 0 amide bonds. The molecule has 0 bridgehead atoms. The molecular weight excluding hydrogens is 210 g/mol. The highest BCUT2D eigenvalue weighted by Crippen LogP contribution is 2.12. The summed E-state index contributed by atoms with van der Waals surface area (Å²) >= 11 is 0. The van der Waals surface area contributed by atoms with Crippen LogP contribution in [0.15, 0.2) is 30.3 Å². The summed E-state index contributed by atoms with van der Waals surface area (Å²) < 4.78 is 23.7. The van der Waals surface area contributed by atoms with Crippen LogP contribution in [0.25, 0.3) is 0 Å². The fourth-order valence-corrected chi connectivity index (χ4v) is 2.80. The van der Waals surface area contributed by atoms with Crippen molar-refractivity contribution >= 4 is 9.84 Å². The van der Waals surface area contributed by atoms with Crippen molar-refractivity contribution in [1.29, 1.82) is 0 Å². The number of rotatable bonds is 5. The van der Waals surface area contributed by atoms with E-state index < -0.39 is 9.84 Å². The zero-order valence-electron chi connectivity index (χ0n) is 8.89. The van der Waals surface area contributed by atoms with Gasteiger partial charge in [-0.25, -0.2) is 8.42 Å². The van der Waals surface area contributed by atoms with E-state index >= 15 is 0 Å². The molecule has 0 aliphatic heterocycles. The molecule has 0 saturated heterocycles. The van der Waals surface area contributed by atoms with Gasteiger partial charge in [0.1, 0.15) is 0 Å². The van der Waals surface area contributed by atoms with Crippen molar-refractivity contribution in [1.82, 2.24) is 0 Å². The zero-order valence-corrected chi connectivity index (χ0v) is 9.70. The molecule has 0 saturated carbocycles. The summed E-state index contributed by atoms with van der Waals surface area (Å²) in [5.74, 6) is 0.106. The maximum atomic E-state index is 11.8. The molecule has 0 fully saturated rings.